The Bertz CT molecular complexity index is 597. The SMILES string of the molecule is C.CC(C)(C)OC(=O)N1CCC(O)CC1c1ccccc1[N+](=O)[O-]. The van der Waals surface area contributed by atoms with Crippen LogP contribution in [0.25, 0.3) is 0 Å². The smallest absolute Gasteiger partial charge is 0.410 e. The maximum atomic E-state index is 12.4. The molecule has 134 valence electrons. The first kappa shape index (κ1) is 19.9. The maximum absolute atomic E-state index is 12.4. The average Bonchev–Trinajstić information content (AvgIpc) is 2.45. The minimum Gasteiger partial charge on any atom is -0.444 e. The zero-order chi connectivity index (χ0) is 17.2. The summed E-state index contributed by atoms with van der Waals surface area (Å²) in [5, 5.41) is 21.2. The van der Waals surface area contributed by atoms with E-state index in [1.165, 1.54) is 11.0 Å². The number of nitro groups is 1. The fourth-order valence-electron chi connectivity index (χ4n) is 2.72. The predicted molar refractivity (Wildman–Crippen MR) is 90.7 cm³/mol. The second-order valence-electron chi connectivity index (χ2n) is 6.68. The molecule has 0 aliphatic carbocycles. The maximum Gasteiger partial charge on any atom is 0.410 e. The molecule has 0 bridgehead atoms. The highest BCUT2D eigenvalue weighted by molar-refractivity contribution is 5.69. The van der Waals surface area contributed by atoms with Crippen molar-refractivity contribution in [3.05, 3.63) is 39.9 Å². The number of piperidine rings is 1. The molecular weight excluding hydrogens is 312 g/mol. The van der Waals surface area contributed by atoms with Crippen LogP contribution in [0.2, 0.25) is 0 Å². The molecule has 2 unspecified atom stereocenters. The van der Waals surface area contributed by atoms with Crippen LogP contribution in [0.4, 0.5) is 10.5 Å². The third-order valence-corrected chi connectivity index (χ3v) is 3.70. The first-order valence-electron chi connectivity index (χ1n) is 7.60. The quantitative estimate of drug-likeness (QED) is 0.656. The van der Waals surface area contributed by atoms with Gasteiger partial charge in [0.2, 0.25) is 0 Å². The normalized spacial score (nSPS) is 20.9. The molecular formula is C17H26N2O5. The number of carbonyl (C=O) groups is 1. The number of nitro benzene ring substituents is 1. The second kappa shape index (κ2) is 7.61. The van der Waals surface area contributed by atoms with Crippen molar-refractivity contribution in [3.8, 4) is 0 Å². The number of hydrogen-bond donors (Lipinski definition) is 1. The van der Waals surface area contributed by atoms with Crippen LogP contribution in [0.1, 0.15) is 52.6 Å². The Morgan fingerprint density at radius 2 is 2.00 bits per heavy atom. The van der Waals surface area contributed by atoms with E-state index >= 15 is 0 Å². The number of rotatable bonds is 2. The number of carbonyl (C=O) groups excluding carboxylic acids is 1. The largest absolute Gasteiger partial charge is 0.444 e. The summed E-state index contributed by atoms with van der Waals surface area (Å²) in [4.78, 5) is 24.7. The Balaban J connectivity index is 0.00000288. The Labute approximate surface area is 142 Å². The summed E-state index contributed by atoms with van der Waals surface area (Å²) in [5.74, 6) is 0. The highest BCUT2D eigenvalue weighted by atomic mass is 16.6. The highest BCUT2D eigenvalue weighted by Crippen LogP contribution is 2.36. The minimum atomic E-state index is -0.652. The van der Waals surface area contributed by atoms with E-state index in [4.69, 9.17) is 4.74 Å². The molecule has 2 atom stereocenters. The van der Waals surface area contributed by atoms with Crippen LogP contribution in [0.5, 0.6) is 0 Å². The van der Waals surface area contributed by atoms with E-state index in [9.17, 15) is 20.0 Å². The van der Waals surface area contributed by atoms with E-state index in [0.717, 1.165) is 0 Å². The molecule has 7 heteroatoms. The van der Waals surface area contributed by atoms with Gasteiger partial charge in [-0.1, -0.05) is 25.6 Å². The van der Waals surface area contributed by atoms with Gasteiger partial charge in [0.05, 0.1) is 22.6 Å². The number of amides is 1. The monoisotopic (exact) mass is 338 g/mol. The van der Waals surface area contributed by atoms with Crippen LogP contribution in [0.15, 0.2) is 24.3 Å². The number of ether oxygens (including phenoxy) is 1. The molecule has 0 spiro atoms. The number of benzene rings is 1. The molecule has 1 saturated heterocycles. The summed E-state index contributed by atoms with van der Waals surface area (Å²) in [6.45, 7) is 5.60. The molecule has 0 aromatic heterocycles. The lowest BCUT2D eigenvalue weighted by molar-refractivity contribution is -0.386. The average molecular weight is 338 g/mol. The molecule has 24 heavy (non-hydrogen) atoms. The number of aliphatic hydroxyl groups is 1. The van der Waals surface area contributed by atoms with Gasteiger partial charge in [-0.2, -0.15) is 0 Å². The van der Waals surface area contributed by atoms with Crippen molar-refractivity contribution >= 4 is 11.8 Å². The molecule has 7 nitrogen and oxygen atoms in total. The van der Waals surface area contributed by atoms with Crippen LogP contribution in [-0.2, 0) is 4.74 Å². The van der Waals surface area contributed by atoms with Crippen LogP contribution < -0.4 is 0 Å². The molecule has 0 radical (unpaired) electrons. The molecule has 1 amide bonds. The summed E-state index contributed by atoms with van der Waals surface area (Å²) in [6, 6.07) is 5.73. The van der Waals surface area contributed by atoms with Crippen molar-refractivity contribution < 1.29 is 19.6 Å². The van der Waals surface area contributed by atoms with Gasteiger partial charge in [-0.25, -0.2) is 4.79 Å². The summed E-state index contributed by atoms with van der Waals surface area (Å²) < 4.78 is 5.40. The van der Waals surface area contributed by atoms with Gasteiger partial charge in [0.15, 0.2) is 0 Å². The van der Waals surface area contributed by atoms with Crippen LogP contribution in [0.3, 0.4) is 0 Å². The number of hydrogen-bond acceptors (Lipinski definition) is 5. The molecule has 1 aliphatic rings. The Morgan fingerprint density at radius 1 is 1.38 bits per heavy atom. The van der Waals surface area contributed by atoms with Gasteiger partial charge in [0, 0.05) is 12.6 Å². The van der Waals surface area contributed by atoms with Gasteiger partial charge >= 0.3 is 6.09 Å². The number of likely N-dealkylation sites (tertiary alicyclic amines) is 1. The van der Waals surface area contributed by atoms with Crippen LogP contribution in [-0.4, -0.2) is 39.3 Å². The van der Waals surface area contributed by atoms with E-state index in [-0.39, 0.29) is 19.5 Å². The Kier molecular flexibility index (Phi) is 6.31. The topological polar surface area (TPSA) is 92.9 Å². The zero-order valence-corrected chi connectivity index (χ0v) is 13.6. The Hall–Kier alpha value is -2.15. The molecule has 1 aliphatic heterocycles. The lowest BCUT2D eigenvalue weighted by Gasteiger charge is -2.38. The fraction of sp³-hybridized carbons (Fsp3) is 0.588. The predicted octanol–water partition coefficient (Wildman–Crippen LogP) is 3.66. The summed E-state index contributed by atoms with van der Waals surface area (Å²) in [6.07, 6.45) is -0.438. The van der Waals surface area contributed by atoms with Crippen molar-refractivity contribution in [1.82, 2.24) is 4.90 Å². The fourth-order valence-corrected chi connectivity index (χ4v) is 2.72. The molecule has 1 heterocycles. The molecule has 2 rings (SSSR count). The van der Waals surface area contributed by atoms with E-state index in [2.05, 4.69) is 0 Å². The van der Waals surface area contributed by atoms with E-state index in [1.54, 1.807) is 39.0 Å². The van der Waals surface area contributed by atoms with Crippen molar-refractivity contribution in [2.24, 2.45) is 0 Å². The van der Waals surface area contributed by atoms with Crippen molar-refractivity contribution in [1.29, 1.82) is 0 Å². The lowest BCUT2D eigenvalue weighted by atomic mass is 9.92. The van der Waals surface area contributed by atoms with Crippen LogP contribution >= 0.6 is 0 Å². The third kappa shape index (κ3) is 4.67. The van der Waals surface area contributed by atoms with Gasteiger partial charge in [-0.15, -0.1) is 0 Å². The standard InChI is InChI=1S/C16H22N2O5.CH4/c1-16(2,3)23-15(20)17-9-8-11(19)10-14(17)12-6-4-5-7-13(12)18(21)22;/h4-7,11,14,19H,8-10H2,1-3H3;1H4. The zero-order valence-electron chi connectivity index (χ0n) is 13.6. The van der Waals surface area contributed by atoms with Crippen molar-refractivity contribution in [3.63, 3.8) is 0 Å². The number of para-hydroxylation sites is 1. The lowest BCUT2D eigenvalue weighted by Crippen LogP contribution is -2.45. The van der Waals surface area contributed by atoms with Crippen molar-refractivity contribution in [2.75, 3.05) is 6.54 Å². The number of nitrogens with zero attached hydrogens (tertiary/aromatic N) is 2. The Morgan fingerprint density at radius 3 is 2.58 bits per heavy atom. The van der Waals surface area contributed by atoms with E-state index in [1.807, 2.05) is 0 Å². The first-order chi connectivity index (χ1) is 10.7. The van der Waals surface area contributed by atoms with Gasteiger partial charge < -0.3 is 14.7 Å². The highest BCUT2D eigenvalue weighted by Gasteiger charge is 2.37. The molecule has 0 saturated carbocycles. The van der Waals surface area contributed by atoms with Gasteiger partial charge in [-0.05, 0) is 33.6 Å². The van der Waals surface area contributed by atoms with E-state index < -0.39 is 28.8 Å². The molecule has 1 N–H and O–H groups in total. The van der Waals surface area contributed by atoms with Gasteiger partial charge in [0.25, 0.3) is 5.69 Å². The summed E-state index contributed by atoms with van der Waals surface area (Å²) >= 11 is 0. The van der Waals surface area contributed by atoms with Crippen molar-refractivity contribution in [2.45, 2.75) is 58.8 Å². The van der Waals surface area contributed by atoms with E-state index in [0.29, 0.717) is 18.5 Å². The van der Waals surface area contributed by atoms with Gasteiger partial charge in [0.1, 0.15) is 5.60 Å². The molecule has 1 aromatic rings. The third-order valence-electron chi connectivity index (χ3n) is 3.70. The number of aliphatic hydroxyl groups excluding tert-OH is 1. The summed E-state index contributed by atoms with van der Waals surface area (Å²) in [7, 11) is 0. The first-order valence-corrected chi connectivity index (χ1v) is 7.60. The summed E-state index contributed by atoms with van der Waals surface area (Å²) in [5.41, 5.74) is -0.289. The molecule has 1 fully saturated rings. The van der Waals surface area contributed by atoms with Crippen LogP contribution in [0, 0.1) is 10.1 Å². The van der Waals surface area contributed by atoms with Gasteiger partial charge in [-0.3, -0.25) is 10.1 Å². The second-order valence-corrected chi connectivity index (χ2v) is 6.68. The molecule has 1 aromatic carbocycles. The minimum absolute atomic E-state index is 0.